The third kappa shape index (κ3) is 6.11. The highest BCUT2D eigenvalue weighted by Gasteiger charge is 2.66. The minimum absolute atomic E-state index is 0.596. The third-order valence-corrected chi connectivity index (χ3v) is 30.9. The molecule has 0 spiro atoms. The van der Waals surface area contributed by atoms with Crippen LogP contribution in [0.3, 0.4) is 0 Å². The molecule has 0 amide bonds. The molecular formula is C90H64N4O4P2. The number of nitrogens with zero attached hydrogens (tertiary/aromatic N) is 4. The lowest BCUT2D eigenvalue weighted by molar-refractivity contribution is 0.452. The average Bonchev–Trinajstić information content (AvgIpc) is 0.910. The molecule has 0 unspecified atom stereocenters. The van der Waals surface area contributed by atoms with E-state index >= 15 is 9.13 Å². The third-order valence-electron chi connectivity index (χ3n) is 24.6. The molecule has 0 fully saturated rings. The first kappa shape index (κ1) is 56.0. The second-order valence-electron chi connectivity index (χ2n) is 30.9. The molecule has 478 valence electrons. The predicted octanol–water partition coefficient (Wildman–Crippen LogP) is 21.5. The fourth-order valence-corrected chi connectivity index (χ4v) is 27.7. The van der Waals surface area contributed by atoms with Crippen LogP contribution < -0.4 is 60.9 Å². The van der Waals surface area contributed by atoms with Crippen molar-refractivity contribution in [3.05, 3.63) is 287 Å². The van der Waals surface area contributed by atoms with Crippen LogP contribution in [0.15, 0.2) is 243 Å². The summed E-state index contributed by atoms with van der Waals surface area (Å²) >= 11 is 0. The molecule has 13 aromatic rings. The Balaban J connectivity index is 1.01. The van der Waals surface area contributed by atoms with Crippen molar-refractivity contribution in [3.8, 4) is 67.5 Å². The molecule has 13 aromatic carbocycles. The Kier molecular flexibility index (Phi) is 10.1. The van der Waals surface area contributed by atoms with Crippen molar-refractivity contribution < 1.29 is 18.6 Å². The van der Waals surface area contributed by atoms with E-state index in [9.17, 15) is 0 Å². The zero-order valence-corrected chi connectivity index (χ0v) is 58.2. The molecule has 0 N–H and O–H groups in total. The Bertz CT molecular complexity index is 5460. The van der Waals surface area contributed by atoms with Gasteiger partial charge in [-0.25, -0.2) is 0 Å². The van der Waals surface area contributed by atoms with Crippen molar-refractivity contribution >= 4 is 114 Å². The first-order chi connectivity index (χ1) is 48.5. The van der Waals surface area contributed by atoms with E-state index < -0.39 is 35.9 Å². The zero-order valence-electron chi connectivity index (χ0n) is 56.4. The van der Waals surface area contributed by atoms with Gasteiger partial charge in [0.05, 0.1) is 77.3 Å². The van der Waals surface area contributed by atoms with Crippen molar-refractivity contribution in [2.24, 2.45) is 0 Å². The van der Waals surface area contributed by atoms with Crippen LogP contribution in [0.5, 0.6) is 23.0 Å². The van der Waals surface area contributed by atoms with Gasteiger partial charge in [-0.15, -0.1) is 0 Å². The van der Waals surface area contributed by atoms with Crippen molar-refractivity contribution in [3.63, 3.8) is 0 Å². The van der Waals surface area contributed by atoms with Crippen LogP contribution in [0.25, 0.3) is 44.5 Å². The highest BCUT2D eigenvalue weighted by atomic mass is 31.2. The smallest absolute Gasteiger partial charge is 0.186 e. The Morgan fingerprint density at radius 1 is 0.250 bits per heavy atom. The van der Waals surface area contributed by atoms with Crippen LogP contribution in [0.2, 0.25) is 0 Å². The molecular weight excluding hydrogens is 1260 g/mol. The van der Waals surface area contributed by atoms with E-state index in [0.717, 1.165) is 112 Å². The number of ether oxygens (including phenoxy) is 2. The van der Waals surface area contributed by atoms with Crippen molar-refractivity contribution in [2.45, 2.75) is 77.0 Å². The predicted molar refractivity (Wildman–Crippen MR) is 409 cm³/mol. The second-order valence-corrected chi connectivity index (χ2v) is 36.0. The summed E-state index contributed by atoms with van der Waals surface area (Å²) in [5.74, 6) is 2.57. The van der Waals surface area contributed by atoms with E-state index in [-0.39, 0.29) is 0 Å². The molecule has 0 radical (unpaired) electrons. The van der Waals surface area contributed by atoms with Gasteiger partial charge in [-0.2, -0.15) is 0 Å². The number of para-hydroxylation sites is 4. The fourth-order valence-electron chi connectivity index (χ4n) is 20.6. The van der Waals surface area contributed by atoms with Crippen LogP contribution in [-0.2, 0) is 30.8 Å². The zero-order chi connectivity index (χ0) is 66.9. The topological polar surface area (TPSA) is 65.6 Å². The lowest BCUT2D eigenvalue weighted by Gasteiger charge is -2.54. The SMILES string of the molecule is CC1(C)c2ccccc2-c2cc3c4c(c21)Oc1c2c(cc5c1P4(=O)c1c(c4c6c(c1N5c1ccccc1)N(c1ccccc1)c1cc5c(c7c1P6(=O)c1c(cc6c(c1O7)C(C)(C)c1ccccc1-6)N4c1ccccc1)C(C)(C)c1ccccc1-5)N3c1ccccc1)-c1ccccc1C2(C)C. The molecule has 100 heavy (non-hydrogen) atoms. The number of hydrogen-bond acceptors (Lipinski definition) is 8. The summed E-state index contributed by atoms with van der Waals surface area (Å²) in [6, 6.07) is 87.3. The van der Waals surface area contributed by atoms with Crippen molar-refractivity contribution in [1.82, 2.24) is 0 Å². The van der Waals surface area contributed by atoms with Gasteiger partial charge < -0.3 is 38.2 Å². The van der Waals surface area contributed by atoms with Crippen LogP contribution >= 0.6 is 14.3 Å². The number of benzene rings is 13. The lowest BCUT2D eigenvalue weighted by Crippen LogP contribution is -2.52. The highest BCUT2D eigenvalue weighted by Crippen LogP contribution is 2.78. The molecule has 0 saturated carbocycles. The molecule has 0 bridgehead atoms. The quantitative estimate of drug-likeness (QED) is 0.162. The molecule has 23 rings (SSSR count). The standard InChI is InChI=1S/C90H64N4O4P2/c1-87(2)61-41-25-21-37-53(61)57-45-65-81-77(69(57)87)97-78-70-58(54-38-22-26-42-62(54)88(70,3)4)46-66-82(78)99(81,95)85-73(91(65)49-29-13-9-14-30-49)75-86-76(74(85)92(66)50-31-15-10-16-32-50)94(52-35-19-12-20-36-52)68-48-60-56-40-24-28-44-64(56)90(7,8)72(60)80-84(68)100(86,96)83-67(93(75)51-33-17-11-18-34-51)47-59-55-39-23-27-43-63(55)89(5,6)71(59)79(83)98-80/h9-48H,1-8H3. The largest absolute Gasteiger partial charge is 0.455 e. The first-order valence-corrected chi connectivity index (χ1v) is 38.4. The van der Waals surface area contributed by atoms with Gasteiger partial charge in [0.15, 0.2) is 14.3 Å². The van der Waals surface area contributed by atoms with E-state index in [1.165, 1.54) is 22.3 Å². The van der Waals surface area contributed by atoms with E-state index in [1.807, 2.05) is 0 Å². The lowest BCUT2D eigenvalue weighted by atomic mass is 9.81. The minimum Gasteiger partial charge on any atom is -0.455 e. The number of hydrogen-bond donors (Lipinski definition) is 0. The molecule has 4 aliphatic carbocycles. The van der Waals surface area contributed by atoms with Gasteiger partial charge in [0.1, 0.15) is 23.0 Å². The van der Waals surface area contributed by atoms with Crippen LogP contribution in [0, 0.1) is 0 Å². The van der Waals surface area contributed by atoms with E-state index in [2.05, 4.69) is 318 Å². The molecule has 8 nitrogen and oxygen atoms in total. The highest BCUT2D eigenvalue weighted by molar-refractivity contribution is 7.88. The Hall–Kier alpha value is -10.9. The molecule has 10 heteroatoms. The summed E-state index contributed by atoms with van der Waals surface area (Å²) in [5, 5.41) is 4.02. The maximum absolute atomic E-state index is 20.4. The maximum Gasteiger partial charge on any atom is 0.186 e. The van der Waals surface area contributed by atoms with Gasteiger partial charge in [-0.1, -0.05) is 225 Å². The average molecular weight is 1330 g/mol. The maximum atomic E-state index is 20.4. The molecule has 0 aromatic heterocycles. The van der Waals surface area contributed by atoms with Gasteiger partial charge >= 0.3 is 0 Å². The molecule has 6 heterocycles. The van der Waals surface area contributed by atoms with Gasteiger partial charge in [0.25, 0.3) is 0 Å². The van der Waals surface area contributed by atoms with Crippen LogP contribution in [0.1, 0.15) is 99.9 Å². The Labute approximate surface area is 580 Å². The summed E-state index contributed by atoms with van der Waals surface area (Å²) in [6.45, 7) is 18.5. The van der Waals surface area contributed by atoms with E-state index in [4.69, 9.17) is 9.47 Å². The Morgan fingerprint density at radius 3 is 0.670 bits per heavy atom. The molecule has 0 saturated heterocycles. The van der Waals surface area contributed by atoms with Crippen LogP contribution in [0.4, 0.5) is 68.2 Å². The fraction of sp³-hybridized carbons (Fsp3) is 0.133. The first-order valence-electron chi connectivity index (χ1n) is 35.0. The molecule has 10 aliphatic rings. The minimum atomic E-state index is -4.40. The number of fused-ring (bicyclic) bond motifs is 18. The summed E-state index contributed by atoms with van der Waals surface area (Å²) in [6.07, 6.45) is 0. The molecule has 0 atom stereocenters. The molecule has 6 aliphatic heterocycles. The van der Waals surface area contributed by atoms with Crippen molar-refractivity contribution in [2.75, 3.05) is 19.6 Å². The van der Waals surface area contributed by atoms with Gasteiger partial charge in [-0.3, -0.25) is 0 Å². The van der Waals surface area contributed by atoms with Crippen LogP contribution in [-0.4, -0.2) is 0 Å². The monoisotopic (exact) mass is 1330 g/mol. The summed E-state index contributed by atoms with van der Waals surface area (Å²) in [4.78, 5) is 9.66. The van der Waals surface area contributed by atoms with Gasteiger partial charge in [-0.05, 0) is 140 Å². The summed E-state index contributed by atoms with van der Waals surface area (Å²) < 4.78 is 57.3. The van der Waals surface area contributed by atoms with Gasteiger partial charge in [0.2, 0.25) is 0 Å². The van der Waals surface area contributed by atoms with Crippen molar-refractivity contribution in [1.29, 1.82) is 0 Å². The second kappa shape index (κ2) is 17.9. The van der Waals surface area contributed by atoms with E-state index in [1.54, 1.807) is 0 Å². The number of anilines is 12. The summed E-state index contributed by atoms with van der Waals surface area (Å²) in [7, 11) is -8.80. The Morgan fingerprint density at radius 2 is 0.450 bits per heavy atom. The number of rotatable bonds is 4. The summed E-state index contributed by atoms with van der Waals surface area (Å²) in [5.41, 5.74) is 24.3. The normalized spacial score (nSPS) is 17.8. The van der Waals surface area contributed by atoms with Gasteiger partial charge in [0, 0.05) is 66.7 Å². The van der Waals surface area contributed by atoms with E-state index in [0.29, 0.717) is 77.6 Å².